The topological polar surface area (TPSA) is 63.3 Å². The van der Waals surface area contributed by atoms with Crippen molar-refractivity contribution in [3.63, 3.8) is 0 Å². The van der Waals surface area contributed by atoms with Crippen LogP contribution in [0.25, 0.3) is 0 Å². The fourth-order valence-electron chi connectivity index (χ4n) is 0.479. The van der Waals surface area contributed by atoms with Gasteiger partial charge in [0, 0.05) is 5.54 Å². The van der Waals surface area contributed by atoms with Crippen LogP contribution in [0, 0.1) is 0 Å². The molecule has 0 aromatic rings. The van der Waals surface area contributed by atoms with Gasteiger partial charge < -0.3 is 10.8 Å². The number of carboxylic acid groups (broad SMARTS) is 1. The molecule has 0 saturated carbocycles. The first kappa shape index (κ1) is 9.46. The molecule has 0 aromatic heterocycles. The van der Waals surface area contributed by atoms with Crippen molar-refractivity contribution in [2.75, 3.05) is 0 Å². The predicted octanol–water partition coefficient (Wildman–Crippen LogP) is 0.931. The van der Waals surface area contributed by atoms with Crippen molar-refractivity contribution in [2.45, 2.75) is 19.4 Å². The molecule has 1 atom stereocenters. The predicted molar refractivity (Wildman–Crippen MR) is 39.8 cm³/mol. The summed E-state index contributed by atoms with van der Waals surface area (Å²) >= 11 is 5.29. The summed E-state index contributed by atoms with van der Waals surface area (Å²) in [6.45, 7) is 1.73. The summed E-state index contributed by atoms with van der Waals surface area (Å²) in [5, 5.41) is 8.33. The van der Waals surface area contributed by atoms with Gasteiger partial charge in [-0.15, -0.1) is 0 Å². The maximum Gasteiger partial charge on any atom is 0.320 e. The molecule has 0 heterocycles. The van der Waals surface area contributed by atoms with Crippen molar-refractivity contribution < 1.29 is 9.90 Å². The molecule has 0 aromatic carbocycles. The minimum Gasteiger partial charge on any atom is -0.480 e. The molecule has 4 heteroatoms. The quantitative estimate of drug-likeness (QED) is 0.651. The van der Waals surface area contributed by atoms with E-state index >= 15 is 0 Å². The third-order valence-electron chi connectivity index (χ3n) is 1.05. The zero-order chi connectivity index (χ0) is 8.15. The van der Waals surface area contributed by atoms with Crippen molar-refractivity contribution in [1.82, 2.24) is 0 Å². The number of carboxylic acids is 1. The van der Waals surface area contributed by atoms with Crippen molar-refractivity contribution in [3.8, 4) is 0 Å². The van der Waals surface area contributed by atoms with E-state index in [4.69, 9.17) is 22.4 Å². The monoisotopic (exact) mass is 163 g/mol. The summed E-state index contributed by atoms with van der Waals surface area (Å²) in [6.07, 6.45) is 0.304. The third-order valence-corrected chi connectivity index (χ3v) is 1.42. The lowest BCUT2D eigenvalue weighted by Gasteiger charge is -2.03. The van der Waals surface area contributed by atoms with Gasteiger partial charge in [0.05, 0.1) is 0 Å². The van der Waals surface area contributed by atoms with Gasteiger partial charge in [0.25, 0.3) is 0 Å². The molecule has 10 heavy (non-hydrogen) atoms. The highest BCUT2D eigenvalue weighted by atomic mass is 35.5. The SMILES string of the molecule is CC(=CCl)C[C@@H](N)C(=O)O. The molecule has 0 aliphatic rings. The summed E-state index contributed by atoms with van der Waals surface area (Å²) in [6, 6.07) is -0.838. The van der Waals surface area contributed by atoms with Crippen molar-refractivity contribution in [2.24, 2.45) is 5.73 Å². The van der Waals surface area contributed by atoms with Crippen molar-refractivity contribution in [3.05, 3.63) is 11.1 Å². The number of hydrogen-bond acceptors (Lipinski definition) is 2. The van der Waals surface area contributed by atoms with E-state index in [9.17, 15) is 4.79 Å². The zero-order valence-electron chi connectivity index (χ0n) is 5.67. The summed E-state index contributed by atoms with van der Waals surface area (Å²) in [5.74, 6) is -1.00. The molecule has 0 bridgehead atoms. The Balaban J connectivity index is 3.80. The Hall–Kier alpha value is -0.540. The van der Waals surface area contributed by atoms with E-state index in [0.717, 1.165) is 5.57 Å². The van der Waals surface area contributed by atoms with Crippen LogP contribution in [-0.2, 0) is 4.79 Å². The second-order valence-corrected chi connectivity index (χ2v) is 2.32. The maximum atomic E-state index is 10.2. The highest BCUT2D eigenvalue weighted by Crippen LogP contribution is 2.03. The lowest BCUT2D eigenvalue weighted by molar-refractivity contribution is -0.138. The van der Waals surface area contributed by atoms with Gasteiger partial charge >= 0.3 is 5.97 Å². The lowest BCUT2D eigenvalue weighted by Crippen LogP contribution is -2.29. The van der Waals surface area contributed by atoms with Gasteiger partial charge in [-0.1, -0.05) is 17.2 Å². The second-order valence-electron chi connectivity index (χ2n) is 2.10. The second kappa shape index (κ2) is 4.30. The van der Waals surface area contributed by atoms with Crippen LogP contribution in [0.1, 0.15) is 13.3 Å². The fraction of sp³-hybridized carbons (Fsp3) is 0.500. The molecule has 0 aliphatic carbocycles. The minimum atomic E-state index is -1.00. The molecule has 0 saturated heterocycles. The average Bonchev–Trinajstić information content (AvgIpc) is 1.87. The van der Waals surface area contributed by atoms with E-state index in [1.54, 1.807) is 6.92 Å². The summed E-state index contributed by atoms with van der Waals surface area (Å²) < 4.78 is 0. The molecule has 0 unspecified atom stereocenters. The molecule has 0 aliphatic heterocycles. The molecule has 3 N–H and O–H groups in total. The Morgan fingerprint density at radius 2 is 2.40 bits per heavy atom. The van der Waals surface area contributed by atoms with Gasteiger partial charge in [-0.3, -0.25) is 4.79 Å². The minimum absolute atomic E-state index is 0.304. The number of nitrogens with two attached hydrogens (primary N) is 1. The molecule has 0 amide bonds. The number of rotatable bonds is 3. The first-order chi connectivity index (χ1) is 4.57. The number of halogens is 1. The van der Waals surface area contributed by atoms with Crippen LogP contribution in [0.4, 0.5) is 0 Å². The van der Waals surface area contributed by atoms with Gasteiger partial charge in [-0.05, 0) is 13.3 Å². The normalized spacial score (nSPS) is 14.9. The maximum absolute atomic E-state index is 10.2. The van der Waals surface area contributed by atoms with Crippen LogP contribution < -0.4 is 5.73 Å². The van der Waals surface area contributed by atoms with E-state index in [1.807, 2.05) is 0 Å². The van der Waals surface area contributed by atoms with Crippen molar-refractivity contribution in [1.29, 1.82) is 0 Å². The van der Waals surface area contributed by atoms with Gasteiger partial charge in [-0.25, -0.2) is 0 Å². The first-order valence-electron chi connectivity index (χ1n) is 2.82. The van der Waals surface area contributed by atoms with E-state index in [-0.39, 0.29) is 0 Å². The molecule has 0 spiro atoms. The highest BCUT2D eigenvalue weighted by Gasteiger charge is 2.10. The summed E-state index contributed by atoms with van der Waals surface area (Å²) in [5.41, 5.74) is 7.30. The van der Waals surface area contributed by atoms with Crippen LogP contribution >= 0.6 is 11.6 Å². The number of carbonyl (C=O) groups is 1. The Morgan fingerprint density at radius 1 is 1.90 bits per heavy atom. The highest BCUT2D eigenvalue weighted by molar-refractivity contribution is 6.25. The van der Waals surface area contributed by atoms with E-state index < -0.39 is 12.0 Å². The summed E-state index contributed by atoms with van der Waals surface area (Å²) in [4.78, 5) is 10.2. The van der Waals surface area contributed by atoms with Gasteiger partial charge in [0.2, 0.25) is 0 Å². The Labute approximate surface area is 64.5 Å². The molecular formula is C6H10ClNO2. The smallest absolute Gasteiger partial charge is 0.320 e. The molecule has 0 radical (unpaired) electrons. The van der Waals surface area contributed by atoms with Gasteiger partial charge in [-0.2, -0.15) is 0 Å². The van der Waals surface area contributed by atoms with Gasteiger partial charge in [0.15, 0.2) is 0 Å². The van der Waals surface area contributed by atoms with Crippen LogP contribution in [0.5, 0.6) is 0 Å². The molecule has 0 rings (SSSR count). The van der Waals surface area contributed by atoms with E-state index in [0.29, 0.717) is 6.42 Å². The van der Waals surface area contributed by atoms with Crippen LogP contribution in [-0.4, -0.2) is 17.1 Å². The number of hydrogen-bond donors (Lipinski definition) is 2. The third kappa shape index (κ3) is 3.48. The Morgan fingerprint density at radius 3 is 2.70 bits per heavy atom. The molecule has 0 fully saturated rings. The van der Waals surface area contributed by atoms with E-state index in [2.05, 4.69) is 0 Å². The van der Waals surface area contributed by atoms with Crippen LogP contribution in [0.15, 0.2) is 11.1 Å². The Bertz CT molecular complexity index is 156. The zero-order valence-corrected chi connectivity index (χ0v) is 6.43. The fourth-order valence-corrected chi connectivity index (χ4v) is 0.568. The Kier molecular flexibility index (Phi) is 4.07. The first-order valence-corrected chi connectivity index (χ1v) is 3.25. The molecule has 58 valence electrons. The largest absolute Gasteiger partial charge is 0.480 e. The molecule has 3 nitrogen and oxygen atoms in total. The van der Waals surface area contributed by atoms with Crippen LogP contribution in [0.2, 0.25) is 0 Å². The summed E-state index contributed by atoms with van der Waals surface area (Å²) in [7, 11) is 0. The average molecular weight is 164 g/mol. The lowest BCUT2D eigenvalue weighted by atomic mass is 10.1. The molecular weight excluding hydrogens is 154 g/mol. The standard InChI is InChI=1S/C6H10ClNO2/c1-4(3-7)2-5(8)6(9)10/h3,5H,2,8H2,1H3,(H,9,10)/t5-/m1/s1. The van der Waals surface area contributed by atoms with Crippen LogP contribution in [0.3, 0.4) is 0 Å². The number of aliphatic carboxylic acids is 1. The van der Waals surface area contributed by atoms with E-state index in [1.165, 1.54) is 5.54 Å². The van der Waals surface area contributed by atoms with Crippen molar-refractivity contribution >= 4 is 17.6 Å². The van der Waals surface area contributed by atoms with Gasteiger partial charge in [0.1, 0.15) is 6.04 Å².